The van der Waals surface area contributed by atoms with Crippen molar-refractivity contribution in [1.82, 2.24) is 9.97 Å². The lowest BCUT2D eigenvalue weighted by atomic mass is 9.82. The molecule has 0 amide bonds. The van der Waals surface area contributed by atoms with Gasteiger partial charge in [-0.05, 0) is 31.6 Å². The number of hydrogen-bond donors (Lipinski definition) is 2. The number of anilines is 2. The highest BCUT2D eigenvalue weighted by molar-refractivity contribution is 5.47. The maximum atomic E-state index is 4.42. The van der Waals surface area contributed by atoms with Gasteiger partial charge in [0.25, 0.3) is 0 Å². The molecule has 1 aromatic rings. The molecular weight excluding hydrogens is 224 g/mol. The summed E-state index contributed by atoms with van der Waals surface area (Å²) in [5, 5.41) is 6.52. The van der Waals surface area contributed by atoms with Crippen LogP contribution in [0.15, 0.2) is 6.07 Å². The summed E-state index contributed by atoms with van der Waals surface area (Å²) in [5.41, 5.74) is 0. The van der Waals surface area contributed by atoms with E-state index >= 15 is 0 Å². The number of nitrogens with one attached hydrogen (secondary N) is 2. The van der Waals surface area contributed by atoms with Crippen molar-refractivity contribution in [2.24, 2.45) is 11.8 Å². The average Bonchev–Trinajstić information content (AvgIpc) is 2.36. The molecule has 0 aliphatic heterocycles. The topological polar surface area (TPSA) is 49.8 Å². The standard InChI is InChI=1S/C14H24N4/c1-10-5-4-6-12(7-10)9-16-14-8-13(15-3)17-11(2)18-14/h8,10,12H,4-7,9H2,1-3H3,(H2,15,16,17,18). The largest absolute Gasteiger partial charge is 0.373 e. The molecule has 100 valence electrons. The first-order chi connectivity index (χ1) is 8.67. The van der Waals surface area contributed by atoms with Crippen LogP contribution in [0.1, 0.15) is 38.4 Å². The van der Waals surface area contributed by atoms with Crippen molar-refractivity contribution in [3.63, 3.8) is 0 Å². The first kappa shape index (κ1) is 13.1. The van der Waals surface area contributed by atoms with Gasteiger partial charge in [0.05, 0.1) is 0 Å². The summed E-state index contributed by atoms with van der Waals surface area (Å²) >= 11 is 0. The van der Waals surface area contributed by atoms with Crippen molar-refractivity contribution in [1.29, 1.82) is 0 Å². The molecule has 0 bridgehead atoms. The van der Waals surface area contributed by atoms with Crippen LogP contribution in [-0.2, 0) is 0 Å². The van der Waals surface area contributed by atoms with E-state index in [4.69, 9.17) is 0 Å². The molecule has 0 spiro atoms. The highest BCUT2D eigenvalue weighted by atomic mass is 15.1. The van der Waals surface area contributed by atoms with E-state index in [2.05, 4.69) is 27.5 Å². The SMILES string of the molecule is CNc1cc(NCC2CCCC(C)C2)nc(C)n1. The average molecular weight is 248 g/mol. The molecule has 1 aliphatic rings. The molecule has 0 aromatic carbocycles. The van der Waals surface area contributed by atoms with Crippen LogP contribution < -0.4 is 10.6 Å². The lowest BCUT2D eigenvalue weighted by Gasteiger charge is -2.27. The zero-order valence-electron chi connectivity index (χ0n) is 11.7. The predicted molar refractivity (Wildman–Crippen MR) is 75.9 cm³/mol. The minimum Gasteiger partial charge on any atom is -0.373 e. The van der Waals surface area contributed by atoms with Gasteiger partial charge in [0.1, 0.15) is 17.5 Å². The van der Waals surface area contributed by atoms with Gasteiger partial charge in [0.2, 0.25) is 0 Å². The van der Waals surface area contributed by atoms with Crippen LogP contribution in [0.25, 0.3) is 0 Å². The maximum absolute atomic E-state index is 4.42. The van der Waals surface area contributed by atoms with E-state index in [0.717, 1.165) is 35.8 Å². The Kier molecular flexibility index (Phi) is 4.39. The zero-order valence-corrected chi connectivity index (χ0v) is 11.7. The molecule has 1 saturated carbocycles. The first-order valence-electron chi connectivity index (χ1n) is 6.94. The minimum absolute atomic E-state index is 0.794. The van der Waals surface area contributed by atoms with Gasteiger partial charge in [0, 0.05) is 19.7 Å². The van der Waals surface area contributed by atoms with Gasteiger partial charge in [0.15, 0.2) is 0 Å². The van der Waals surface area contributed by atoms with Crippen LogP contribution in [0, 0.1) is 18.8 Å². The van der Waals surface area contributed by atoms with Gasteiger partial charge in [-0.15, -0.1) is 0 Å². The highest BCUT2D eigenvalue weighted by Gasteiger charge is 2.18. The maximum Gasteiger partial charge on any atom is 0.131 e. The summed E-state index contributed by atoms with van der Waals surface area (Å²) in [7, 11) is 1.88. The molecule has 0 radical (unpaired) electrons. The molecule has 1 aliphatic carbocycles. The van der Waals surface area contributed by atoms with Crippen molar-refractivity contribution >= 4 is 11.6 Å². The normalized spacial score (nSPS) is 23.7. The Hall–Kier alpha value is -1.32. The molecule has 4 heteroatoms. The Labute approximate surface area is 110 Å². The Bertz CT molecular complexity index is 391. The van der Waals surface area contributed by atoms with Crippen molar-refractivity contribution in [3.8, 4) is 0 Å². The van der Waals surface area contributed by atoms with Gasteiger partial charge in [-0.3, -0.25) is 0 Å². The number of aryl methyl sites for hydroxylation is 1. The molecule has 18 heavy (non-hydrogen) atoms. The predicted octanol–water partition coefficient (Wildman–Crippen LogP) is 3.06. The molecule has 2 rings (SSSR count). The number of nitrogens with zero attached hydrogens (tertiary/aromatic N) is 2. The molecule has 1 aromatic heterocycles. The van der Waals surface area contributed by atoms with Gasteiger partial charge in [-0.1, -0.05) is 19.8 Å². The third-order valence-electron chi connectivity index (χ3n) is 3.71. The fourth-order valence-corrected chi connectivity index (χ4v) is 2.78. The third kappa shape index (κ3) is 3.59. The van der Waals surface area contributed by atoms with E-state index < -0.39 is 0 Å². The number of hydrogen-bond acceptors (Lipinski definition) is 4. The Morgan fingerprint density at radius 3 is 2.78 bits per heavy atom. The van der Waals surface area contributed by atoms with Gasteiger partial charge in [-0.25, -0.2) is 9.97 Å². The second-order valence-electron chi connectivity index (χ2n) is 5.45. The molecular formula is C14H24N4. The number of rotatable bonds is 4. The number of aromatic nitrogens is 2. The Balaban J connectivity index is 1.91. The van der Waals surface area contributed by atoms with Crippen LogP contribution >= 0.6 is 0 Å². The van der Waals surface area contributed by atoms with Gasteiger partial charge < -0.3 is 10.6 Å². The van der Waals surface area contributed by atoms with E-state index in [1.807, 2.05) is 20.0 Å². The van der Waals surface area contributed by atoms with E-state index in [1.54, 1.807) is 0 Å². The lowest BCUT2D eigenvalue weighted by Crippen LogP contribution is -2.21. The fraction of sp³-hybridized carbons (Fsp3) is 0.714. The van der Waals surface area contributed by atoms with E-state index in [9.17, 15) is 0 Å². The quantitative estimate of drug-likeness (QED) is 0.860. The van der Waals surface area contributed by atoms with E-state index in [-0.39, 0.29) is 0 Å². The Morgan fingerprint density at radius 2 is 2.06 bits per heavy atom. The summed E-state index contributed by atoms with van der Waals surface area (Å²) in [4.78, 5) is 8.72. The fourth-order valence-electron chi connectivity index (χ4n) is 2.78. The van der Waals surface area contributed by atoms with Crippen molar-refractivity contribution in [2.75, 3.05) is 24.2 Å². The first-order valence-corrected chi connectivity index (χ1v) is 6.94. The second-order valence-corrected chi connectivity index (χ2v) is 5.45. The summed E-state index contributed by atoms with van der Waals surface area (Å²) in [6, 6.07) is 1.97. The summed E-state index contributed by atoms with van der Waals surface area (Å²) in [6.07, 6.45) is 5.46. The molecule has 0 saturated heterocycles. The summed E-state index contributed by atoms with van der Waals surface area (Å²) in [6.45, 7) is 5.32. The molecule has 2 atom stereocenters. The van der Waals surface area contributed by atoms with Crippen molar-refractivity contribution in [2.45, 2.75) is 39.5 Å². The monoisotopic (exact) mass is 248 g/mol. The Morgan fingerprint density at radius 1 is 1.28 bits per heavy atom. The third-order valence-corrected chi connectivity index (χ3v) is 3.71. The van der Waals surface area contributed by atoms with E-state index in [1.165, 1.54) is 25.7 Å². The van der Waals surface area contributed by atoms with Crippen molar-refractivity contribution in [3.05, 3.63) is 11.9 Å². The van der Waals surface area contributed by atoms with Gasteiger partial charge in [-0.2, -0.15) is 0 Å². The molecule has 1 heterocycles. The molecule has 1 fully saturated rings. The zero-order chi connectivity index (χ0) is 13.0. The second kappa shape index (κ2) is 6.03. The summed E-state index contributed by atoms with van der Waals surface area (Å²) in [5.74, 6) is 4.29. The van der Waals surface area contributed by atoms with Crippen LogP contribution in [0.3, 0.4) is 0 Å². The smallest absolute Gasteiger partial charge is 0.131 e. The van der Waals surface area contributed by atoms with E-state index in [0.29, 0.717) is 0 Å². The van der Waals surface area contributed by atoms with Crippen LogP contribution in [0.2, 0.25) is 0 Å². The highest BCUT2D eigenvalue weighted by Crippen LogP contribution is 2.28. The lowest BCUT2D eigenvalue weighted by molar-refractivity contribution is 0.293. The van der Waals surface area contributed by atoms with Crippen LogP contribution in [-0.4, -0.2) is 23.6 Å². The molecule has 2 N–H and O–H groups in total. The van der Waals surface area contributed by atoms with Crippen molar-refractivity contribution < 1.29 is 0 Å². The van der Waals surface area contributed by atoms with Gasteiger partial charge >= 0.3 is 0 Å². The van der Waals surface area contributed by atoms with Crippen LogP contribution in [0.5, 0.6) is 0 Å². The molecule has 4 nitrogen and oxygen atoms in total. The van der Waals surface area contributed by atoms with Crippen LogP contribution in [0.4, 0.5) is 11.6 Å². The summed E-state index contributed by atoms with van der Waals surface area (Å²) < 4.78 is 0. The molecule has 2 unspecified atom stereocenters. The minimum atomic E-state index is 0.794.